The number of benzene rings is 1. The highest BCUT2D eigenvalue weighted by atomic mass is 35.5. The van der Waals surface area contributed by atoms with Gasteiger partial charge in [-0.15, -0.1) is 0 Å². The summed E-state index contributed by atoms with van der Waals surface area (Å²) < 4.78 is 22.3. The van der Waals surface area contributed by atoms with Gasteiger partial charge in [-0.25, -0.2) is 4.79 Å². The largest absolute Gasteiger partial charge is 0.495 e. The number of amides is 2. The molecule has 3 aliphatic rings. The molecule has 6 atom stereocenters. The summed E-state index contributed by atoms with van der Waals surface area (Å²) in [7, 11) is 4.73. The van der Waals surface area contributed by atoms with Crippen LogP contribution in [0.5, 0.6) is 5.75 Å². The Labute approximate surface area is 222 Å². The second-order valence-corrected chi connectivity index (χ2v) is 10.5. The molecular weight excluding hydrogens is 500 g/mol. The number of nitrogens with zero attached hydrogens (tertiary/aromatic N) is 1. The highest BCUT2D eigenvalue weighted by Gasteiger charge is 2.50. The molecule has 1 aromatic carbocycles. The lowest BCUT2D eigenvalue weighted by atomic mass is 9.92. The minimum Gasteiger partial charge on any atom is -0.495 e. The van der Waals surface area contributed by atoms with Gasteiger partial charge in [-0.1, -0.05) is 42.3 Å². The molecule has 1 aromatic rings. The fourth-order valence-corrected chi connectivity index (χ4v) is 5.47. The van der Waals surface area contributed by atoms with Gasteiger partial charge in [0.05, 0.1) is 25.0 Å². The minimum absolute atomic E-state index is 0.0676. The monoisotopic (exact) mass is 534 g/mol. The number of ether oxygens (including phenoxy) is 4. The second kappa shape index (κ2) is 11.0. The van der Waals surface area contributed by atoms with Crippen LogP contribution in [0.3, 0.4) is 0 Å². The van der Waals surface area contributed by atoms with Crippen molar-refractivity contribution in [2.75, 3.05) is 26.2 Å². The summed E-state index contributed by atoms with van der Waals surface area (Å²) in [6.45, 7) is 3.93. The topological polar surface area (TPSA) is 110 Å². The molecular formula is C27H35ClN2O7. The predicted octanol–water partition coefficient (Wildman–Crippen LogP) is 3.76. The van der Waals surface area contributed by atoms with Crippen LogP contribution in [0.1, 0.15) is 38.7 Å². The third-order valence-corrected chi connectivity index (χ3v) is 7.59. The normalized spacial score (nSPS) is 34.9. The van der Waals surface area contributed by atoms with Gasteiger partial charge < -0.3 is 29.0 Å². The third kappa shape index (κ3) is 6.12. The van der Waals surface area contributed by atoms with Crippen molar-refractivity contribution in [3.8, 4) is 5.75 Å². The van der Waals surface area contributed by atoms with Crippen LogP contribution >= 0.6 is 11.6 Å². The van der Waals surface area contributed by atoms with Crippen LogP contribution < -0.4 is 15.0 Å². The first-order valence-corrected chi connectivity index (χ1v) is 12.8. The van der Waals surface area contributed by atoms with E-state index in [-0.39, 0.29) is 36.9 Å². The van der Waals surface area contributed by atoms with Crippen molar-refractivity contribution in [1.29, 1.82) is 0 Å². The molecule has 2 saturated heterocycles. The van der Waals surface area contributed by atoms with Gasteiger partial charge in [-0.05, 0) is 37.0 Å². The van der Waals surface area contributed by atoms with Gasteiger partial charge in [-0.3, -0.25) is 10.1 Å². The molecule has 4 rings (SSSR count). The van der Waals surface area contributed by atoms with Crippen molar-refractivity contribution in [2.45, 2.75) is 69.7 Å². The van der Waals surface area contributed by atoms with Crippen LogP contribution in [0, 0.1) is 5.92 Å². The van der Waals surface area contributed by atoms with Crippen LogP contribution in [0.2, 0.25) is 5.02 Å². The van der Waals surface area contributed by atoms with Gasteiger partial charge in [0.1, 0.15) is 23.0 Å². The maximum atomic E-state index is 13.2. The zero-order valence-electron chi connectivity index (χ0n) is 21.8. The number of hydrogen-bond acceptors (Lipinski definition) is 7. The van der Waals surface area contributed by atoms with E-state index >= 15 is 0 Å². The summed E-state index contributed by atoms with van der Waals surface area (Å²) in [5, 5.41) is 14.2. The molecule has 202 valence electrons. The quantitative estimate of drug-likeness (QED) is 0.556. The molecule has 4 unspecified atom stereocenters. The standard InChI is InChI=1S/C27H35ClN2O7/c1-15-7-6-8-22(35-5)27(33)14-18(36-26(32)29-27)13-21-25(37-21)16(2)10-23(31)30(3)19-11-17(9-15)12-20(34-4)24(19)28/h6-8,11-12,16,18,21-22,25,33H,9-10,13-14H2,1-5H3,(H,29,32)/b8-6+,15-7+/t16?,18?,21?,22-,25?,27+/m1/s1. The minimum atomic E-state index is -1.64. The van der Waals surface area contributed by atoms with Crippen LogP contribution in [-0.2, 0) is 25.4 Å². The van der Waals surface area contributed by atoms with Gasteiger partial charge in [0.2, 0.25) is 5.91 Å². The average Bonchev–Trinajstić information content (AvgIpc) is 3.60. The lowest BCUT2D eigenvalue weighted by Crippen LogP contribution is -2.62. The molecule has 4 bridgehead atoms. The molecule has 2 amide bonds. The number of fused-ring (bicyclic) bond motifs is 5. The van der Waals surface area contributed by atoms with Crippen molar-refractivity contribution in [3.63, 3.8) is 0 Å². The summed E-state index contributed by atoms with van der Waals surface area (Å²) >= 11 is 6.60. The molecule has 0 radical (unpaired) electrons. The highest BCUT2D eigenvalue weighted by molar-refractivity contribution is 6.35. The molecule has 37 heavy (non-hydrogen) atoms. The van der Waals surface area contributed by atoms with Crippen molar-refractivity contribution in [2.24, 2.45) is 5.92 Å². The Morgan fingerprint density at radius 2 is 2.03 bits per heavy atom. The summed E-state index contributed by atoms with van der Waals surface area (Å²) in [5.41, 5.74) is 0.885. The summed E-state index contributed by atoms with van der Waals surface area (Å²) in [4.78, 5) is 27.1. The first-order chi connectivity index (χ1) is 17.5. The van der Waals surface area contributed by atoms with E-state index in [1.165, 1.54) is 7.11 Å². The molecule has 0 saturated carbocycles. The number of alkyl carbamates (subject to hydrolysis) is 1. The maximum absolute atomic E-state index is 13.2. The number of carbonyl (C=O) groups excluding carboxylic acids is 2. The van der Waals surface area contributed by atoms with Crippen molar-refractivity contribution >= 4 is 29.3 Å². The molecule has 0 spiro atoms. The van der Waals surface area contributed by atoms with E-state index < -0.39 is 24.0 Å². The Bertz CT molecular complexity index is 1110. The Morgan fingerprint density at radius 1 is 1.27 bits per heavy atom. The van der Waals surface area contributed by atoms with E-state index in [0.717, 1.165) is 11.1 Å². The number of halogens is 1. The van der Waals surface area contributed by atoms with E-state index in [0.29, 0.717) is 29.3 Å². The Kier molecular flexibility index (Phi) is 8.18. The number of hydrogen-bond donors (Lipinski definition) is 2. The van der Waals surface area contributed by atoms with Gasteiger partial charge in [0.25, 0.3) is 0 Å². The lowest BCUT2D eigenvalue weighted by molar-refractivity contribution is -0.135. The van der Waals surface area contributed by atoms with Crippen LogP contribution in [0.4, 0.5) is 10.5 Å². The molecule has 0 aliphatic carbocycles. The number of anilines is 1. The molecule has 0 aromatic heterocycles. The summed E-state index contributed by atoms with van der Waals surface area (Å²) in [6.07, 6.45) is 4.40. The summed E-state index contributed by atoms with van der Waals surface area (Å²) in [5.74, 6) is 0.329. The number of carbonyl (C=O) groups is 2. The fourth-order valence-electron chi connectivity index (χ4n) is 5.15. The lowest BCUT2D eigenvalue weighted by Gasteiger charge is -2.40. The first kappa shape index (κ1) is 27.4. The van der Waals surface area contributed by atoms with Gasteiger partial charge >= 0.3 is 6.09 Å². The average molecular weight is 535 g/mol. The van der Waals surface area contributed by atoms with Gasteiger partial charge in [0, 0.05) is 33.4 Å². The zero-order chi connectivity index (χ0) is 26.9. The molecule has 2 N–H and O–H groups in total. The van der Waals surface area contributed by atoms with E-state index in [4.69, 9.17) is 30.5 Å². The third-order valence-electron chi connectivity index (χ3n) is 7.21. The Balaban J connectivity index is 1.69. The van der Waals surface area contributed by atoms with E-state index in [2.05, 4.69) is 5.32 Å². The van der Waals surface area contributed by atoms with Gasteiger partial charge in [0.15, 0.2) is 5.72 Å². The predicted molar refractivity (Wildman–Crippen MR) is 139 cm³/mol. The smallest absolute Gasteiger partial charge is 0.409 e. The molecule has 3 heterocycles. The molecule has 2 fully saturated rings. The number of methoxy groups -OCH3 is 2. The highest BCUT2D eigenvalue weighted by Crippen LogP contribution is 2.40. The Hall–Kier alpha value is -2.59. The first-order valence-electron chi connectivity index (χ1n) is 12.4. The molecule has 9 nitrogen and oxygen atoms in total. The fraction of sp³-hybridized carbons (Fsp3) is 0.556. The number of rotatable bonds is 2. The van der Waals surface area contributed by atoms with Crippen LogP contribution in [0.15, 0.2) is 35.9 Å². The Morgan fingerprint density at radius 3 is 2.73 bits per heavy atom. The second-order valence-electron chi connectivity index (χ2n) is 10.2. The summed E-state index contributed by atoms with van der Waals surface area (Å²) in [6, 6.07) is 3.76. The van der Waals surface area contributed by atoms with E-state index in [9.17, 15) is 14.7 Å². The number of nitrogens with one attached hydrogen (secondary N) is 1. The van der Waals surface area contributed by atoms with Gasteiger partial charge in [-0.2, -0.15) is 0 Å². The van der Waals surface area contributed by atoms with Crippen LogP contribution in [-0.4, -0.2) is 68.5 Å². The van der Waals surface area contributed by atoms with E-state index in [1.807, 2.05) is 32.1 Å². The molecule has 10 heteroatoms. The van der Waals surface area contributed by atoms with Crippen molar-refractivity contribution in [1.82, 2.24) is 5.32 Å². The maximum Gasteiger partial charge on any atom is 0.409 e. The zero-order valence-corrected chi connectivity index (χ0v) is 22.6. The van der Waals surface area contributed by atoms with E-state index in [1.54, 1.807) is 31.2 Å². The number of allylic oxidation sites excluding steroid dienone is 3. The SMILES string of the molecule is COc1cc2cc(c1Cl)N(C)C(=O)CC(C)C1OC1CC1C[C@@](O)(NC(=O)O1)[C@H](OC)/C=C/C=C(\C)C2. The molecule has 3 aliphatic heterocycles. The van der Waals surface area contributed by atoms with Crippen molar-refractivity contribution < 1.29 is 33.6 Å². The van der Waals surface area contributed by atoms with Crippen LogP contribution in [0.25, 0.3) is 0 Å². The number of aliphatic hydroxyl groups is 1. The van der Waals surface area contributed by atoms with Crippen molar-refractivity contribution in [3.05, 3.63) is 46.5 Å². The number of epoxide rings is 1.